The molecule has 1 saturated heterocycles. The van der Waals surface area contributed by atoms with Gasteiger partial charge in [0.05, 0.1) is 17.6 Å². The van der Waals surface area contributed by atoms with E-state index in [0.29, 0.717) is 5.96 Å². The molecule has 1 atom stereocenters. The normalized spacial score (nSPS) is 17.4. The zero-order valence-electron chi connectivity index (χ0n) is 17.1. The fourth-order valence-electron chi connectivity index (χ4n) is 3.40. The van der Waals surface area contributed by atoms with Crippen molar-refractivity contribution in [1.29, 1.82) is 0 Å². The van der Waals surface area contributed by atoms with Crippen molar-refractivity contribution in [2.24, 2.45) is 12.0 Å². The molecule has 0 aliphatic carbocycles. The maximum atomic E-state index is 13.8. The summed E-state index contributed by atoms with van der Waals surface area (Å²) in [6.07, 6.45) is 5.86. The third kappa shape index (κ3) is 6.30. The van der Waals surface area contributed by atoms with Crippen LogP contribution in [0.1, 0.15) is 12.8 Å². The number of aromatic nitrogens is 2. The smallest absolute Gasteiger partial charge is 0.191 e. The van der Waals surface area contributed by atoms with E-state index in [0.717, 1.165) is 37.7 Å². The molecule has 0 spiro atoms. The van der Waals surface area contributed by atoms with E-state index < -0.39 is 15.7 Å². The molecule has 11 heteroatoms. The molecule has 1 aliphatic heterocycles. The van der Waals surface area contributed by atoms with E-state index in [2.05, 4.69) is 25.6 Å². The first-order valence-electron chi connectivity index (χ1n) is 9.57. The molecule has 3 rings (SSSR count). The monoisotopic (exact) mass is 550 g/mol. The number of aryl methyl sites for hydroxylation is 1. The van der Waals surface area contributed by atoms with Gasteiger partial charge in [0, 0.05) is 46.0 Å². The van der Waals surface area contributed by atoms with E-state index in [1.165, 1.54) is 18.2 Å². The van der Waals surface area contributed by atoms with Crippen LogP contribution < -0.4 is 15.5 Å². The minimum atomic E-state index is -3.71. The Labute approximate surface area is 193 Å². The Morgan fingerprint density at radius 3 is 2.80 bits per heavy atom. The van der Waals surface area contributed by atoms with E-state index in [1.54, 1.807) is 11.7 Å². The number of hydrogen-bond donors (Lipinski definition) is 2. The molecule has 0 amide bonds. The van der Waals surface area contributed by atoms with Gasteiger partial charge < -0.3 is 15.5 Å². The first kappa shape index (κ1) is 24.4. The number of anilines is 1. The summed E-state index contributed by atoms with van der Waals surface area (Å²) in [6.45, 7) is 1.91. The lowest BCUT2D eigenvalue weighted by Gasteiger charge is -2.34. The Bertz CT molecular complexity index is 965. The third-order valence-corrected chi connectivity index (χ3v) is 6.62. The van der Waals surface area contributed by atoms with Crippen LogP contribution >= 0.6 is 24.0 Å². The SMILES string of the molecule is CN=C(NCCS(=O)(=O)c1ccccc1F)NC1CCCN(c2cnn(C)c2)C1.I. The number of halogens is 2. The van der Waals surface area contributed by atoms with Crippen LogP contribution in [0.5, 0.6) is 0 Å². The Morgan fingerprint density at radius 2 is 2.13 bits per heavy atom. The lowest BCUT2D eigenvalue weighted by atomic mass is 10.1. The van der Waals surface area contributed by atoms with E-state index >= 15 is 0 Å². The summed E-state index contributed by atoms with van der Waals surface area (Å²) in [5, 5.41) is 10.6. The van der Waals surface area contributed by atoms with Gasteiger partial charge >= 0.3 is 0 Å². The van der Waals surface area contributed by atoms with Crippen molar-refractivity contribution in [1.82, 2.24) is 20.4 Å². The summed E-state index contributed by atoms with van der Waals surface area (Å²) < 4.78 is 40.3. The molecular formula is C19H28FIN6O2S. The van der Waals surface area contributed by atoms with Crippen molar-refractivity contribution in [3.63, 3.8) is 0 Å². The van der Waals surface area contributed by atoms with Gasteiger partial charge in [0.15, 0.2) is 15.8 Å². The minimum absolute atomic E-state index is 0. The molecule has 1 aromatic heterocycles. The van der Waals surface area contributed by atoms with Crippen molar-refractivity contribution < 1.29 is 12.8 Å². The van der Waals surface area contributed by atoms with Crippen molar-refractivity contribution in [3.8, 4) is 0 Å². The van der Waals surface area contributed by atoms with Crippen LogP contribution in [-0.2, 0) is 16.9 Å². The lowest BCUT2D eigenvalue weighted by molar-refractivity contribution is 0.468. The number of rotatable bonds is 6. The molecule has 1 fully saturated rings. The van der Waals surface area contributed by atoms with Gasteiger partial charge in [-0.05, 0) is 25.0 Å². The highest BCUT2D eigenvalue weighted by Gasteiger charge is 2.22. The van der Waals surface area contributed by atoms with E-state index in [4.69, 9.17) is 0 Å². The predicted octanol–water partition coefficient (Wildman–Crippen LogP) is 1.78. The second-order valence-electron chi connectivity index (χ2n) is 7.05. The maximum absolute atomic E-state index is 13.8. The van der Waals surface area contributed by atoms with Crippen LogP contribution in [0.3, 0.4) is 0 Å². The quantitative estimate of drug-likeness (QED) is 0.324. The summed E-state index contributed by atoms with van der Waals surface area (Å²) in [6, 6.07) is 5.60. The molecule has 1 aliphatic rings. The molecule has 0 saturated carbocycles. The van der Waals surface area contributed by atoms with Crippen LogP contribution in [0.4, 0.5) is 10.1 Å². The summed E-state index contributed by atoms with van der Waals surface area (Å²) in [5.41, 5.74) is 1.08. The molecule has 2 aromatic rings. The fraction of sp³-hybridized carbons (Fsp3) is 0.474. The Morgan fingerprint density at radius 1 is 1.37 bits per heavy atom. The average molecular weight is 550 g/mol. The summed E-state index contributed by atoms with van der Waals surface area (Å²) in [5.74, 6) is -0.416. The zero-order valence-corrected chi connectivity index (χ0v) is 20.2. The Kier molecular flexibility index (Phi) is 8.89. The third-order valence-electron chi connectivity index (χ3n) is 4.88. The number of piperidine rings is 1. The number of sulfone groups is 1. The number of nitrogens with one attached hydrogen (secondary N) is 2. The van der Waals surface area contributed by atoms with Crippen molar-refractivity contribution in [2.45, 2.75) is 23.8 Å². The number of benzene rings is 1. The van der Waals surface area contributed by atoms with Gasteiger partial charge in [-0.15, -0.1) is 24.0 Å². The zero-order chi connectivity index (χ0) is 20.9. The molecule has 0 bridgehead atoms. The van der Waals surface area contributed by atoms with Gasteiger partial charge in [0.2, 0.25) is 0 Å². The van der Waals surface area contributed by atoms with E-state index in [1.807, 2.05) is 19.4 Å². The number of aliphatic imine (C=N–C) groups is 1. The highest BCUT2D eigenvalue weighted by Crippen LogP contribution is 2.19. The van der Waals surface area contributed by atoms with Crippen molar-refractivity contribution in [2.75, 3.05) is 37.3 Å². The standard InChI is InChI=1S/C19H27FN6O2S.HI/c1-21-19(22-9-11-29(27,28)18-8-4-3-7-17(18)20)24-15-6-5-10-26(13-15)16-12-23-25(2)14-16;/h3-4,7-8,12,14-15H,5-6,9-11,13H2,1-2H3,(H2,21,22,24);1H. The van der Waals surface area contributed by atoms with Gasteiger partial charge in [-0.25, -0.2) is 12.8 Å². The average Bonchev–Trinajstić information content (AvgIpc) is 3.14. The highest BCUT2D eigenvalue weighted by molar-refractivity contribution is 14.0. The molecule has 1 unspecified atom stereocenters. The minimum Gasteiger partial charge on any atom is -0.367 e. The predicted molar refractivity (Wildman–Crippen MR) is 127 cm³/mol. The van der Waals surface area contributed by atoms with Crippen LogP contribution in [0.15, 0.2) is 46.5 Å². The summed E-state index contributed by atoms with van der Waals surface area (Å²) in [4.78, 5) is 6.18. The second kappa shape index (κ2) is 10.9. The molecule has 0 radical (unpaired) electrons. The van der Waals surface area contributed by atoms with Gasteiger partial charge in [-0.1, -0.05) is 12.1 Å². The second-order valence-corrected chi connectivity index (χ2v) is 9.13. The van der Waals surface area contributed by atoms with Gasteiger partial charge in [-0.2, -0.15) is 5.10 Å². The number of nitrogens with zero attached hydrogens (tertiary/aromatic N) is 4. The van der Waals surface area contributed by atoms with Gasteiger partial charge in [0.1, 0.15) is 10.7 Å². The Balaban J connectivity index is 0.00000320. The molecule has 2 heterocycles. The summed E-state index contributed by atoms with van der Waals surface area (Å²) >= 11 is 0. The number of hydrogen-bond acceptors (Lipinski definition) is 5. The van der Waals surface area contributed by atoms with Crippen LogP contribution in [0, 0.1) is 5.82 Å². The number of guanidine groups is 1. The molecule has 8 nitrogen and oxygen atoms in total. The molecular weight excluding hydrogens is 522 g/mol. The van der Waals surface area contributed by atoms with Crippen LogP contribution in [0.2, 0.25) is 0 Å². The lowest BCUT2D eigenvalue weighted by Crippen LogP contribution is -2.51. The molecule has 2 N–H and O–H groups in total. The van der Waals surface area contributed by atoms with Gasteiger partial charge in [0.25, 0.3) is 0 Å². The van der Waals surface area contributed by atoms with Crippen molar-refractivity contribution >= 4 is 45.5 Å². The fourth-order valence-corrected chi connectivity index (χ4v) is 4.64. The molecule has 166 valence electrons. The largest absolute Gasteiger partial charge is 0.367 e. The maximum Gasteiger partial charge on any atom is 0.191 e. The van der Waals surface area contributed by atoms with E-state index in [-0.39, 0.29) is 47.2 Å². The van der Waals surface area contributed by atoms with Crippen molar-refractivity contribution in [3.05, 3.63) is 42.5 Å². The first-order chi connectivity index (χ1) is 13.9. The molecule has 1 aromatic carbocycles. The first-order valence-corrected chi connectivity index (χ1v) is 11.2. The topological polar surface area (TPSA) is 91.6 Å². The summed E-state index contributed by atoms with van der Waals surface area (Å²) in [7, 11) is -0.174. The van der Waals surface area contributed by atoms with Crippen LogP contribution in [0.25, 0.3) is 0 Å². The van der Waals surface area contributed by atoms with Crippen LogP contribution in [-0.4, -0.2) is 62.6 Å². The van der Waals surface area contributed by atoms with E-state index in [9.17, 15) is 12.8 Å². The molecule has 30 heavy (non-hydrogen) atoms. The highest BCUT2D eigenvalue weighted by atomic mass is 127. The van der Waals surface area contributed by atoms with Gasteiger partial charge in [-0.3, -0.25) is 9.67 Å². The Hall–Kier alpha value is -1.89.